The number of benzene rings is 3. The molecular weight excluding hydrogens is 644 g/mol. The Hall–Kier alpha value is -4.26. The summed E-state index contributed by atoms with van der Waals surface area (Å²) in [6.07, 6.45) is 1.44. The molecule has 12 heteroatoms. The van der Waals surface area contributed by atoms with Gasteiger partial charge in [0.1, 0.15) is 5.82 Å². The second-order valence-corrected chi connectivity index (χ2v) is 13.0. The van der Waals surface area contributed by atoms with Gasteiger partial charge in [-0.1, -0.05) is 18.2 Å². The summed E-state index contributed by atoms with van der Waals surface area (Å²) in [4.78, 5) is 23.7. The van der Waals surface area contributed by atoms with E-state index < -0.39 is 17.0 Å². The van der Waals surface area contributed by atoms with E-state index in [1.54, 1.807) is 23.1 Å². The number of amides is 1. The largest absolute Gasteiger partial charge is 0.493 e. The smallest absolute Gasteiger partial charge is 0.254 e. The van der Waals surface area contributed by atoms with E-state index in [4.69, 9.17) is 23.9 Å². The van der Waals surface area contributed by atoms with Crippen LogP contribution in [0.2, 0.25) is 0 Å². The summed E-state index contributed by atoms with van der Waals surface area (Å²) < 4.78 is 54.0. The number of aromatic nitrogens is 2. The van der Waals surface area contributed by atoms with Crippen molar-refractivity contribution in [3.8, 4) is 17.2 Å². The molecule has 1 amide bonds. The zero-order chi connectivity index (χ0) is 35.4. The van der Waals surface area contributed by atoms with Crippen molar-refractivity contribution in [3.05, 3.63) is 83.2 Å². The van der Waals surface area contributed by atoms with E-state index in [2.05, 4.69) is 27.8 Å². The lowest BCUT2D eigenvalue weighted by Crippen LogP contribution is -2.53. The summed E-state index contributed by atoms with van der Waals surface area (Å²) in [5.74, 6) is 0.0491. The topological polar surface area (TPSA) is 90.3 Å². The van der Waals surface area contributed by atoms with Gasteiger partial charge in [0.2, 0.25) is 5.75 Å². The van der Waals surface area contributed by atoms with Crippen LogP contribution in [0.15, 0.2) is 54.6 Å². The molecule has 1 N–H and O–H groups in total. The standard InChI is InChI=1S/C38H47F2N5O5/c1-6-50-19-18-45-31-11-8-7-10-30(31)42-36(45)32-23-41-15-9-16-44(32)25(2)38(27-12-13-28(39)29(40)22-27)14-17-43(24-38)37(46)26-20-33(47-3)35(49-5)34(21-26)48-4/h7-8,10-13,20-22,25,32,41H,6,9,14-19,23-24H2,1-5H3. The molecule has 50 heavy (non-hydrogen) atoms. The molecule has 0 spiro atoms. The van der Waals surface area contributed by atoms with Crippen LogP contribution in [0.3, 0.4) is 0 Å². The number of rotatable bonds is 12. The number of fused-ring (bicyclic) bond motifs is 1. The lowest BCUT2D eigenvalue weighted by Gasteiger charge is -2.45. The van der Waals surface area contributed by atoms with Crippen LogP contribution in [0.1, 0.15) is 54.5 Å². The fourth-order valence-electron chi connectivity index (χ4n) is 7.82. The van der Waals surface area contributed by atoms with Gasteiger partial charge in [-0.15, -0.1) is 0 Å². The summed E-state index contributed by atoms with van der Waals surface area (Å²) in [6, 6.07) is 15.3. The highest BCUT2D eigenvalue weighted by molar-refractivity contribution is 5.96. The fourth-order valence-corrected chi connectivity index (χ4v) is 7.82. The molecule has 268 valence electrons. The zero-order valence-electron chi connectivity index (χ0n) is 29.5. The Labute approximate surface area is 292 Å². The number of halogens is 2. The number of imidazole rings is 1. The van der Waals surface area contributed by atoms with Gasteiger partial charge in [-0.25, -0.2) is 13.8 Å². The zero-order valence-corrected chi connectivity index (χ0v) is 29.5. The van der Waals surface area contributed by atoms with E-state index in [0.29, 0.717) is 74.2 Å². The Bertz CT molecular complexity index is 1790. The average molecular weight is 692 g/mol. The second kappa shape index (κ2) is 15.3. The number of para-hydroxylation sites is 2. The lowest BCUT2D eigenvalue weighted by molar-refractivity contribution is 0.0697. The minimum absolute atomic E-state index is 0.136. The number of likely N-dealkylation sites (tertiary alicyclic amines) is 1. The third-order valence-electron chi connectivity index (χ3n) is 10.4. The number of carbonyl (C=O) groups is 1. The molecule has 4 aromatic rings. The molecule has 0 bridgehead atoms. The number of nitrogens with zero attached hydrogens (tertiary/aromatic N) is 4. The van der Waals surface area contributed by atoms with E-state index in [1.807, 2.05) is 25.1 Å². The first kappa shape index (κ1) is 35.6. The Balaban J connectivity index is 1.41. The molecule has 3 aromatic carbocycles. The molecule has 6 rings (SSSR count). The molecule has 0 saturated carbocycles. The van der Waals surface area contributed by atoms with Gasteiger partial charge in [0.15, 0.2) is 23.1 Å². The molecule has 3 heterocycles. The van der Waals surface area contributed by atoms with Crippen molar-refractivity contribution in [3.63, 3.8) is 0 Å². The summed E-state index contributed by atoms with van der Waals surface area (Å²) in [6.45, 7) is 8.92. The van der Waals surface area contributed by atoms with Crippen LogP contribution in [-0.2, 0) is 16.7 Å². The molecule has 0 aliphatic carbocycles. The molecule has 2 fully saturated rings. The molecule has 2 aliphatic heterocycles. The molecule has 0 radical (unpaired) electrons. The molecule has 10 nitrogen and oxygen atoms in total. The van der Waals surface area contributed by atoms with Gasteiger partial charge in [-0.2, -0.15) is 0 Å². The number of hydrogen-bond acceptors (Lipinski definition) is 8. The third-order valence-corrected chi connectivity index (χ3v) is 10.4. The van der Waals surface area contributed by atoms with Gasteiger partial charge in [0.05, 0.1) is 45.0 Å². The number of carbonyl (C=O) groups excluding carboxylic acids is 1. The predicted molar refractivity (Wildman–Crippen MR) is 187 cm³/mol. The molecule has 3 atom stereocenters. The molecule has 2 saturated heterocycles. The minimum atomic E-state index is -0.907. The van der Waals surface area contributed by atoms with Crippen LogP contribution in [-0.4, -0.2) is 98.6 Å². The molecule has 3 unspecified atom stereocenters. The Morgan fingerprint density at radius 3 is 2.48 bits per heavy atom. The van der Waals surface area contributed by atoms with Crippen molar-refractivity contribution in [2.24, 2.45) is 0 Å². The number of hydrogen-bond donors (Lipinski definition) is 1. The highest BCUT2D eigenvalue weighted by atomic mass is 19.2. The van der Waals surface area contributed by atoms with Crippen molar-refractivity contribution in [2.75, 3.05) is 67.3 Å². The normalized spacial score (nSPS) is 20.5. The van der Waals surface area contributed by atoms with Crippen LogP contribution in [0.25, 0.3) is 11.0 Å². The number of nitrogens with one attached hydrogen (secondary N) is 1. The number of methoxy groups -OCH3 is 3. The van der Waals surface area contributed by atoms with Gasteiger partial charge >= 0.3 is 0 Å². The maximum absolute atomic E-state index is 15.0. The Morgan fingerprint density at radius 1 is 1.02 bits per heavy atom. The lowest BCUT2D eigenvalue weighted by atomic mass is 9.72. The summed E-state index contributed by atoms with van der Waals surface area (Å²) >= 11 is 0. The summed E-state index contributed by atoms with van der Waals surface area (Å²) in [5, 5.41) is 3.62. The van der Waals surface area contributed by atoms with Gasteiger partial charge in [-0.3, -0.25) is 9.69 Å². The quantitative estimate of drug-likeness (QED) is 0.193. The van der Waals surface area contributed by atoms with Crippen LogP contribution in [0, 0.1) is 11.6 Å². The van der Waals surface area contributed by atoms with E-state index in [0.717, 1.165) is 36.4 Å². The fraction of sp³-hybridized carbons (Fsp3) is 0.474. The number of ether oxygens (including phenoxy) is 4. The monoisotopic (exact) mass is 691 g/mol. The van der Waals surface area contributed by atoms with E-state index in [9.17, 15) is 9.18 Å². The van der Waals surface area contributed by atoms with Gasteiger partial charge in [-0.05, 0) is 75.2 Å². The predicted octanol–water partition coefficient (Wildman–Crippen LogP) is 5.59. The van der Waals surface area contributed by atoms with Crippen LogP contribution in [0.4, 0.5) is 8.78 Å². The van der Waals surface area contributed by atoms with Crippen LogP contribution >= 0.6 is 0 Å². The van der Waals surface area contributed by atoms with Gasteiger partial charge < -0.3 is 33.7 Å². The summed E-state index contributed by atoms with van der Waals surface area (Å²) in [5.41, 5.74) is 2.26. The van der Waals surface area contributed by atoms with Gasteiger partial charge in [0.25, 0.3) is 5.91 Å². The minimum Gasteiger partial charge on any atom is -0.493 e. The van der Waals surface area contributed by atoms with E-state index in [1.165, 1.54) is 33.5 Å². The third kappa shape index (κ3) is 6.63. The highest BCUT2D eigenvalue weighted by Crippen LogP contribution is 2.44. The maximum atomic E-state index is 15.0. The average Bonchev–Trinajstić information content (AvgIpc) is 3.66. The first-order valence-corrected chi connectivity index (χ1v) is 17.3. The van der Waals surface area contributed by atoms with Crippen molar-refractivity contribution < 1.29 is 32.5 Å². The Morgan fingerprint density at radius 2 is 1.78 bits per heavy atom. The van der Waals surface area contributed by atoms with Crippen molar-refractivity contribution >= 4 is 16.9 Å². The first-order valence-electron chi connectivity index (χ1n) is 17.3. The van der Waals surface area contributed by atoms with Crippen LogP contribution < -0.4 is 19.5 Å². The first-order chi connectivity index (χ1) is 24.3. The van der Waals surface area contributed by atoms with E-state index >= 15 is 4.39 Å². The van der Waals surface area contributed by atoms with Crippen molar-refractivity contribution in [1.82, 2.24) is 24.7 Å². The van der Waals surface area contributed by atoms with Crippen LogP contribution in [0.5, 0.6) is 17.2 Å². The van der Waals surface area contributed by atoms with Crippen molar-refractivity contribution in [1.29, 1.82) is 0 Å². The second-order valence-electron chi connectivity index (χ2n) is 13.0. The Kier molecular flexibility index (Phi) is 10.9. The summed E-state index contributed by atoms with van der Waals surface area (Å²) in [7, 11) is 4.53. The van der Waals surface area contributed by atoms with E-state index in [-0.39, 0.29) is 18.0 Å². The highest BCUT2D eigenvalue weighted by Gasteiger charge is 2.49. The molecule has 2 aliphatic rings. The molecule has 1 aromatic heterocycles. The SMILES string of the molecule is CCOCCn1c(C2CNCCCN2C(C)C2(c3ccc(F)c(F)c3)CCN(C(=O)c3cc(OC)c(OC)c(OC)c3)C2)nc2ccccc21. The van der Waals surface area contributed by atoms with Gasteiger partial charge in [0, 0.05) is 56.4 Å². The maximum Gasteiger partial charge on any atom is 0.254 e. The molecular formula is C38H47F2N5O5. The van der Waals surface area contributed by atoms with Crippen molar-refractivity contribution in [2.45, 2.75) is 50.7 Å².